The minimum absolute atomic E-state index is 0.0425. The van der Waals surface area contributed by atoms with Gasteiger partial charge in [0.25, 0.3) is 0 Å². The van der Waals surface area contributed by atoms with Gasteiger partial charge in [0.2, 0.25) is 0 Å². The van der Waals surface area contributed by atoms with Gasteiger partial charge in [0.05, 0.1) is 0 Å². The van der Waals surface area contributed by atoms with Gasteiger partial charge in [-0.1, -0.05) is 117 Å². The van der Waals surface area contributed by atoms with E-state index < -0.39 is 0 Å². The summed E-state index contributed by atoms with van der Waals surface area (Å²) < 4.78 is 0. The van der Waals surface area contributed by atoms with Crippen molar-refractivity contribution in [3.8, 4) is 22.3 Å². The fraction of sp³-hybridized carbons (Fsp3) is 0.118. The molecule has 34 heavy (non-hydrogen) atoms. The van der Waals surface area contributed by atoms with E-state index in [1.165, 1.54) is 71.3 Å². The molecule has 0 fully saturated rings. The van der Waals surface area contributed by atoms with Gasteiger partial charge in [-0.15, -0.1) is 0 Å². The molecule has 0 atom stereocenters. The molecule has 0 saturated heterocycles. The van der Waals surface area contributed by atoms with Crippen LogP contribution in [0.5, 0.6) is 0 Å². The SMILES string of the molecule is Cc1c2ccccc2c(-c2ccc3c4c(cccc24)C(C)(C)c2ccccc2-3)c2ccccc12. The van der Waals surface area contributed by atoms with Crippen molar-refractivity contribution >= 4 is 32.3 Å². The summed E-state index contributed by atoms with van der Waals surface area (Å²) in [4.78, 5) is 0. The van der Waals surface area contributed by atoms with Crippen molar-refractivity contribution in [1.29, 1.82) is 0 Å². The first-order valence-electron chi connectivity index (χ1n) is 12.1. The quantitative estimate of drug-likeness (QED) is 0.226. The topological polar surface area (TPSA) is 0 Å². The summed E-state index contributed by atoms with van der Waals surface area (Å²) in [7, 11) is 0. The lowest BCUT2D eigenvalue weighted by Crippen LogP contribution is -2.23. The first-order valence-corrected chi connectivity index (χ1v) is 12.1. The van der Waals surface area contributed by atoms with Gasteiger partial charge >= 0.3 is 0 Å². The van der Waals surface area contributed by atoms with Crippen LogP contribution in [0.15, 0.2) is 103 Å². The van der Waals surface area contributed by atoms with Crippen LogP contribution in [-0.4, -0.2) is 0 Å². The molecule has 0 aliphatic heterocycles. The summed E-state index contributed by atoms with van der Waals surface area (Å²) in [6, 6.07) is 38.3. The summed E-state index contributed by atoms with van der Waals surface area (Å²) in [5.74, 6) is 0. The van der Waals surface area contributed by atoms with Crippen LogP contribution >= 0.6 is 0 Å². The van der Waals surface area contributed by atoms with Crippen molar-refractivity contribution in [2.45, 2.75) is 26.2 Å². The number of hydrogen-bond donors (Lipinski definition) is 0. The van der Waals surface area contributed by atoms with E-state index in [1.807, 2.05) is 0 Å². The van der Waals surface area contributed by atoms with Gasteiger partial charge in [-0.3, -0.25) is 0 Å². The number of rotatable bonds is 1. The number of aryl methyl sites for hydroxylation is 1. The summed E-state index contributed by atoms with van der Waals surface area (Å²) in [6.45, 7) is 6.99. The maximum Gasteiger partial charge on any atom is 0.0159 e. The molecule has 0 unspecified atom stereocenters. The third-order valence-electron chi connectivity index (χ3n) is 8.07. The van der Waals surface area contributed by atoms with Crippen LogP contribution in [0.3, 0.4) is 0 Å². The minimum atomic E-state index is -0.0425. The summed E-state index contributed by atoms with van der Waals surface area (Å²) in [6.07, 6.45) is 0. The second-order valence-electron chi connectivity index (χ2n) is 10.2. The van der Waals surface area contributed by atoms with E-state index in [4.69, 9.17) is 0 Å². The zero-order chi connectivity index (χ0) is 23.0. The zero-order valence-electron chi connectivity index (χ0n) is 19.8. The van der Waals surface area contributed by atoms with Crippen molar-refractivity contribution in [2.75, 3.05) is 0 Å². The Morgan fingerprint density at radius 2 is 0.971 bits per heavy atom. The molecule has 0 heterocycles. The lowest BCUT2D eigenvalue weighted by Gasteiger charge is -2.35. The van der Waals surface area contributed by atoms with E-state index in [2.05, 4.69) is 124 Å². The average Bonchev–Trinajstić information content (AvgIpc) is 2.88. The highest BCUT2D eigenvalue weighted by Crippen LogP contribution is 2.51. The number of hydrogen-bond acceptors (Lipinski definition) is 0. The molecule has 7 rings (SSSR count). The Bertz CT molecular complexity index is 1730. The van der Waals surface area contributed by atoms with Crippen molar-refractivity contribution in [1.82, 2.24) is 0 Å². The van der Waals surface area contributed by atoms with E-state index >= 15 is 0 Å². The van der Waals surface area contributed by atoms with E-state index in [1.54, 1.807) is 0 Å². The van der Waals surface area contributed by atoms with Gasteiger partial charge < -0.3 is 0 Å². The van der Waals surface area contributed by atoms with Gasteiger partial charge in [-0.2, -0.15) is 0 Å². The van der Waals surface area contributed by atoms with Gasteiger partial charge in [-0.05, 0) is 78.2 Å². The largest absolute Gasteiger partial charge is 0.0619 e. The number of fused-ring (bicyclic) bond motifs is 4. The fourth-order valence-corrected chi connectivity index (χ4v) is 6.41. The maximum absolute atomic E-state index is 2.37. The molecule has 1 aliphatic carbocycles. The monoisotopic (exact) mass is 434 g/mol. The third kappa shape index (κ3) is 2.43. The zero-order valence-corrected chi connectivity index (χ0v) is 19.8. The fourth-order valence-electron chi connectivity index (χ4n) is 6.41. The number of benzene rings is 6. The van der Waals surface area contributed by atoms with E-state index in [9.17, 15) is 0 Å². The molecule has 0 heteroatoms. The Labute approximate surface area is 200 Å². The van der Waals surface area contributed by atoms with Crippen molar-refractivity contribution in [2.24, 2.45) is 0 Å². The van der Waals surface area contributed by atoms with Crippen molar-refractivity contribution in [3.05, 3.63) is 120 Å². The Morgan fingerprint density at radius 1 is 0.441 bits per heavy atom. The lowest BCUT2D eigenvalue weighted by atomic mass is 9.68. The highest BCUT2D eigenvalue weighted by atomic mass is 14.4. The van der Waals surface area contributed by atoms with E-state index in [0.717, 1.165) is 0 Å². The van der Waals surface area contributed by atoms with Crippen LogP contribution in [0.4, 0.5) is 0 Å². The van der Waals surface area contributed by atoms with Crippen LogP contribution in [0.2, 0.25) is 0 Å². The van der Waals surface area contributed by atoms with E-state index in [0.29, 0.717) is 0 Å². The summed E-state index contributed by atoms with van der Waals surface area (Å²) >= 11 is 0. The summed E-state index contributed by atoms with van der Waals surface area (Å²) in [5, 5.41) is 8.07. The lowest BCUT2D eigenvalue weighted by molar-refractivity contribution is 0.645. The molecule has 0 saturated carbocycles. The van der Waals surface area contributed by atoms with Gasteiger partial charge in [-0.25, -0.2) is 0 Å². The van der Waals surface area contributed by atoms with Crippen LogP contribution in [-0.2, 0) is 5.41 Å². The molecule has 0 amide bonds. The van der Waals surface area contributed by atoms with E-state index in [-0.39, 0.29) is 5.41 Å². The molecule has 6 aromatic carbocycles. The van der Waals surface area contributed by atoms with Gasteiger partial charge in [0, 0.05) is 5.41 Å². The molecule has 0 nitrogen and oxygen atoms in total. The highest BCUT2D eigenvalue weighted by molar-refractivity contribution is 6.20. The predicted octanol–water partition coefficient (Wildman–Crippen LogP) is 9.43. The molecule has 6 aromatic rings. The standard InChI is InChI=1S/C34H26/c1-21-22-11-4-6-14-25(22)32(26-15-7-5-12-23(21)26)29-20-19-28-24-13-8-9-17-30(24)34(2,3)31-18-10-16-27(29)33(28)31/h4-20H,1-3H3. The Balaban J connectivity index is 1.69. The molecule has 1 aliphatic rings. The molecule has 0 spiro atoms. The smallest absolute Gasteiger partial charge is 0.0159 e. The van der Waals surface area contributed by atoms with Crippen molar-refractivity contribution < 1.29 is 0 Å². The second-order valence-corrected chi connectivity index (χ2v) is 10.2. The predicted molar refractivity (Wildman–Crippen MR) is 147 cm³/mol. The molecule has 0 radical (unpaired) electrons. The molecule has 0 aromatic heterocycles. The van der Waals surface area contributed by atoms with Crippen LogP contribution in [0, 0.1) is 6.92 Å². The van der Waals surface area contributed by atoms with Crippen molar-refractivity contribution in [3.63, 3.8) is 0 Å². The van der Waals surface area contributed by atoms with Crippen LogP contribution < -0.4 is 0 Å². The normalized spacial score (nSPS) is 14.0. The molecule has 0 N–H and O–H groups in total. The first-order chi connectivity index (χ1) is 16.6. The average molecular weight is 435 g/mol. The highest BCUT2D eigenvalue weighted by Gasteiger charge is 2.33. The Morgan fingerprint density at radius 3 is 1.68 bits per heavy atom. The second kappa shape index (κ2) is 6.81. The summed E-state index contributed by atoms with van der Waals surface area (Å²) in [5.41, 5.74) is 9.52. The first kappa shape index (κ1) is 19.6. The molecular weight excluding hydrogens is 408 g/mol. The Hall–Kier alpha value is -3.90. The molecule has 0 bridgehead atoms. The maximum atomic E-state index is 2.37. The van der Waals surface area contributed by atoms with Gasteiger partial charge in [0.1, 0.15) is 0 Å². The van der Waals surface area contributed by atoms with Crippen LogP contribution in [0.1, 0.15) is 30.5 Å². The third-order valence-corrected chi connectivity index (χ3v) is 8.07. The molecule has 162 valence electrons. The minimum Gasteiger partial charge on any atom is -0.0619 e. The van der Waals surface area contributed by atoms with Gasteiger partial charge in [0.15, 0.2) is 0 Å². The Kier molecular flexibility index (Phi) is 3.92. The van der Waals surface area contributed by atoms with Crippen LogP contribution in [0.25, 0.3) is 54.6 Å². The molecular formula is C34H26.